The van der Waals surface area contributed by atoms with Gasteiger partial charge in [-0.05, 0) is 6.07 Å². The molecule has 0 aromatic carbocycles. The highest BCUT2D eigenvalue weighted by molar-refractivity contribution is 14.2. The highest BCUT2D eigenvalue weighted by Crippen LogP contribution is 2.34. The fourth-order valence-electron chi connectivity index (χ4n) is 1.43. The third-order valence-electron chi connectivity index (χ3n) is 2.08. The molecule has 0 saturated carbocycles. The van der Waals surface area contributed by atoms with Gasteiger partial charge < -0.3 is 4.98 Å². The Kier molecular flexibility index (Phi) is 2.95. The molecule has 0 radical (unpaired) electrons. The topological polar surface area (TPSA) is 37.8 Å². The molecule has 2 aromatic heterocycles. The summed E-state index contributed by atoms with van der Waals surface area (Å²) in [5, 5.41) is -0.0829. The van der Waals surface area contributed by atoms with Crippen LogP contribution in [0.1, 0.15) is 5.56 Å². The van der Waals surface area contributed by atoms with Gasteiger partial charge in [0.15, 0.2) is 0 Å². The molecule has 0 aliphatic carbocycles. The smallest absolute Gasteiger partial charge is 0.327 e. The summed E-state index contributed by atoms with van der Waals surface area (Å²) in [6.07, 6.45) is -2.33. The number of fused-ring (bicyclic) bond motifs is 1. The Morgan fingerprint density at radius 1 is 1.44 bits per heavy atom. The maximum atomic E-state index is 12.6. The summed E-state index contributed by atoms with van der Waals surface area (Å²) in [6, 6.07) is 1.29. The molecule has 3 nitrogen and oxygen atoms in total. The molecule has 0 bridgehead atoms. The molecule has 86 valence electrons. The average Bonchev–Trinajstić information content (AvgIpc) is 2.60. The number of nitrogens with zero attached hydrogens (tertiary/aromatic N) is 1. The molecular formula is C8H4F3IN2OS. The van der Waals surface area contributed by atoms with Gasteiger partial charge in [0.2, 0.25) is 0 Å². The van der Waals surface area contributed by atoms with Crippen LogP contribution in [0.4, 0.5) is 13.2 Å². The molecule has 8 heteroatoms. The van der Waals surface area contributed by atoms with Crippen LogP contribution in [-0.4, -0.2) is 8.96 Å². The minimum absolute atomic E-state index is 0.0224. The number of rotatable bonds is 1. The van der Waals surface area contributed by atoms with Crippen molar-refractivity contribution in [3.8, 4) is 0 Å². The van der Waals surface area contributed by atoms with Crippen LogP contribution < -0.4 is 5.56 Å². The van der Waals surface area contributed by atoms with Gasteiger partial charge in [-0.15, -0.1) is 0 Å². The third kappa shape index (κ3) is 1.83. The van der Waals surface area contributed by atoms with Crippen molar-refractivity contribution in [3.63, 3.8) is 0 Å². The first-order valence-corrected chi connectivity index (χ1v) is 7.36. The molecule has 0 atom stereocenters. The predicted octanol–water partition coefficient (Wildman–Crippen LogP) is 3.19. The number of nitrogens with one attached hydrogen (secondary N) is 1. The first kappa shape index (κ1) is 11.8. The summed E-state index contributed by atoms with van der Waals surface area (Å²) in [6.45, 7) is 0. The van der Waals surface area contributed by atoms with Gasteiger partial charge in [0.25, 0.3) is 5.56 Å². The molecule has 0 aliphatic heterocycles. The lowest BCUT2D eigenvalue weighted by molar-refractivity contribution is -0.136. The van der Waals surface area contributed by atoms with Crippen molar-refractivity contribution in [1.82, 2.24) is 8.96 Å². The average molecular weight is 360 g/mol. The van der Waals surface area contributed by atoms with E-state index in [0.29, 0.717) is 6.20 Å². The van der Waals surface area contributed by atoms with Gasteiger partial charge >= 0.3 is 6.18 Å². The number of hydrogen-bond acceptors (Lipinski definition) is 2. The number of halogens is 4. The second-order valence-corrected chi connectivity index (χ2v) is 4.72. The number of aromatic nitrogens is 2. The number of aromatic amines is 1. The summed E-state index contributed by atoms with van der Waals surface area (Å²) >= 11 is 1.89. The molecule has 1 N–H and O–H groups in total. The SMILES string of the molecule is O=c1[nH]cc(C(F)(F)F)c2ccn(SI)c12. The fraction of sp³-hybridized carbons (Fsp3) is 0.125. The maximum absolute atomic E-state index is 12.6. The van der Waals surface area contributed by atoms with Gasteiger partial charge in [-0.25, -0.2) is 0 Å². The normalized spacial score (nSPS) is 12.2. The molecule has 0 amide bonds. The number of hydrogen-bond donors (Lipinski definition) is 1. The zero-order chi connectivity index (χ0) is 11.9. The number of pyridine rings is 1. The van der Waals surface area contributed by atoms with Gasteiger partial charge in [0, 0.05) is 48.1 Å². The summed E-state index contributed by atoms with van der Waals surface area (Å²) in [5.41, 5.74) is -1.34. The van der Waals surface area contributed by atoms with Crippen molar-refractivity contribution < 1.29 is 13.2 Å². The van der Waals surface area contributed by atoms with E-state index in [4.69, 9.17) is 0 Å². The molecule has 0 aliphatic rings. The van der Waals surface area contributed by atoms with Crippen molar-refractivity contribution in [2.24, 2.45) is 0 Å². The van der Waals surface area contributed by atoms with Crippen molar-refractivity contribution in [2.75, 3.05) is 0 Å². The first-order chi connectivity index (χ1) is 7.45. The van der Waals surface area contributed by atoms with Gasteiger partial charge in [-0.2, -0.15) is 13.2 Å². The van der Waals surface area contributed by atoms with Gasteiger partial charge in [-0.3, -0.25) is 8.77 Å². The summed E-state index contributed by atoms with van der Waals surface area (Å²) in [5.74, 6) is 0. The molecule has 2 heterocycles. The zero-order valence-electron chi connectivity index (χ0n) is 7.51. The Balaban J connectivity index is 2.86. The predicted molar refractivity (Wildman–Crippen MR) is 64.6 cm³/mol. The Labute approximate surface area is 104 Å². The molecule has 16 heavy (non-hydrogen) atoms. The summed E-state index contributed by atoms with van der Waals surface area (Å²) in [4.78, 5) is 13.5. The van der Waals surface area contributed by atoms with Crippen LogP contribution in [0.3, 0.4) is 0 Å². The zero-order valence-corrected chi connectivity index (χ0v) is 10.5. The second-order valence-electron chi connectivity index (χ2n) is 3.00. The van der Waals surface area contributed by atoms with Crippen molar-refractivity contribution in [2.45, 2.75) is 6.18 Å². The molecule has 2 aromatic rings. The Morgan fingerprint density at radius 3 is 2.69 bits per heavy atom. The van der Waals surface area contributed by atoms with Crippen molar-refractivity contribution in [3.05, 3.63) is 34.4 Å². The second kappa shape index (κ2) is 3.99. The fourth-order valence-corrected chi connectivity index (χ4v) is 2.77. The van der Waals surface area contributed by atoms with Crippen LogP contribution in [0.5, 0.6) is 0 Å². The lowest BCUT2D eigenvalue weighted by atomic mass is 10.2. The number of alkyl halides is 3. The van der Waals surface area contributed by atoms with Crippen LogP contribution in [0.25, 0.3) is 10.9 Å². The molecule has 0 fully saturated rings. The monoisotopic (exact) mass is 360 g/mol. The molecule has 0 saturated heterocycles. The van der Waals surface area contributed by atoms with Crippen LogP contribution in [-0.2, 0) is 6.18 Å². The first-order valence-electron chi connectivity index (χ1n) is 4.04. The Bertz CT molecular complexity index is 589. The van der Waals surface area contributed by atoms with E-state index in [0.717, 1.165) is 9.12 Å². The van der Waals surface area contributed by atoms with E-state index in [1.54, 1.807) is 0 Å². The van der Waals surface area contributed by atoms with E-state index in [1.165, 1.54) is 16.2 Å². The van der Waals surface area contributed by atoms with Crippen LogP contribution in [0.2, 0.25) is 0 Å². The summed E-state index contributed by atoms with van der Waals surface area (Å²) in [7, 11) is 1.14. The van der Waals surface area contributed by atoms with Crippen molar-refractivity contribution in [1.29, 1.82) is 0 Å². The third-order valence-corrected chi connectivity index (χ3v) is 3.81. The molecular weight excluding hydrogens is 356 g/mol. The van der Waals surface area contributed by atoms with E-state index >= 15 is 0 Å². The van der Waals surface area contributed by atoms with Crippen LogP contribution in [0.15, 0.2) is 23.3 Å². The largest absolute Gasteiger partial charge is 0.418 e. The molecule has 0 unspecified atom stereocenters. The molecule has 0 spiro atoms. The summed E-state index contributed by atoms with van der Waals surface area (Å²) < 4.78 is 39.3. The van der Waals surface area contributed by atoms with Gasteiger partial charge in [0.05, 0.1) is 5.56 Å². The van der Waals surface area contributed by atoms with Gasteiger partial charge in [0.1, 0.15) is 5.52 Å². The van der Waals surface area contributed by atoms with Crippen molar-refractivity contribution >= 4 is 41.2 Å². The standard InChI is InChI=1S/C8H4F3IN2OS/c9-8(10,11)5-3-13-7(15)6-4(5)1-2-14(6)16-12/h1-3H,(H,13,15). The lowest BCUT2D eigenvalue weighted by Gasteiger charge is -2.07. The molecule has 2 rings (SSSR count). The van der Waals surface area contributed by atoms with E-state index in [9.17, 15) is 18.0 Å². The van der Waals surface area contributed by atoms with Crippen LogP contribution >= 0.6 is 30.3 Å². The van der Waals surface area contributed by atoms with E-state index in [-0.39, 0.29) is 10.9 Å². The van der Waals surface area contributed by atoms with E-state index in [2.05, 4.69) is 4.98 Å². The Hall–Kier alpha value is -0.640. The van der Waals surface area contributed by atoms with E-state index in [1.807, 2.05) is 21.2 Å². The van der Waals surface area contributed by atoms with Crippen LogP contribution in [0, 0.1) is 0 Å². The lowest BCUT2D eigenvalue weighted by Crippen LogP contribution is -2.13. The number of H-pyrrole nitrogens is 1. The van der Waals surface area contributed by atoms with Gasteiger partial charge in [-0.1, -0.05) is 0 Å². The Morgan fingerprint density at radius 2 is 2.12 bits per heavy atom. The maximum Gasteiger partial charge on any atom is 0.418 e. The quantitative estimate of drug-likeness (QED) is 0.794. The van der Waals surface area contributed by atoms with E-state index < -0.39 is 17.3 Å². The highest BCUT2D eigenvalue weighted by atomic mass is 127. The minimum Gasteiger partial charge on any atom is -0.327 e. The minimum atomic E-state index is -4.47. The highest BCUT2D eigenvalue weighted by Gasteiger charge is 2.33.